The van der Waals surface area contributed by atoms with Crippen LogP contribution in [0.15, 0.2) is 54.7 Å². The Balaban J connectivity index is 1.42. The van der Waals surface area contributed by atoms with Crippen molar-refractivity contribution in [1.82, 2.24) is 14.8 Å². The predicted octanol–water partition coefficient (Wildman–Crippen LogP) is 2.66. The second-order valence-corrected chi connectivity index (χ2v) is 8.56. The van der Waals surface area contributed by atoms with Crippen LogP contribution in [0.2, 0.25) is 0 Å². The maximum atomic E-state index is 12.6. The number of aromatic nitrogens is 1. The fourth-order valence-electron chi connectivity index (χ4n) is 4.34. The summed E-state index contributed by atoms with van der Waals surface area (Å²) in [7, 11) is 5.89. The van der Waals surface area contributed by atoms with Crippen molar-refractivity contribution in [2.24, 2.45) is 7.05 Å². The Morgan fingerprint density at radius 3 is 2.61 bits per heavy atom. The smallest absolute Gasteiger partial charge is 0.313 e. The molecule has 0 saturated carbocycles. The Hall–Kier alpha value is -3.65. The lowest BCUT2D eigenvalue weighted by Crippen LogP contribution is -2.40. The average Bonchev–Trinajstić information content (AvgIpc) is 3.37. The van der Waals surface area contributed by atoms with Gasteiger partial charge < -0.3 is 25.0 Å². The number of nitrogens with one attached hydrogen (secondary N) is 2. The lowest BCUT2D eigenvalue weighted by Gasteiger charge is -2.24. The number of carbonyl (C=O) groups is 3. The number of nitrogens with zero attached hydrogens (tertiary/aromatic N) is 3. The molecule has 4 rings (SSSR count). The van der Waals surface area contributed by atoms with Gasteiger partial charge >= 0.3 is 11.8 Å². The highest BCUT2D eigenvalue weighted by molar-refractivity contribution is 6.39. The van der Waals surface area contributed by atoms with Crippen LogP contribution in [-0.4, -0.2) is 54.4 Å². The summed E-state index contributed by atoms with van der Waals surface area (Å²) in [5, 5.41) is 6.52. The Morgan fingerprint density at radius 1 is 1.09 bits per heavy atom. The van der Waals surface area contributed by atoms with E-state index in [-0.39, 0.29) is 18.5 Å². The summed E-state index contributed by atoms with van der Waals surface area (Å²) < 4.78 is 2.06. The molecule has 0 spiro atoms. The van der Waals surface area contributed by atoms with Gasteiger partial charge in [0.05, 0.1) is 6.04 Å². The normalized spacial score (nSPS) is 14.7. The second-order valence-electron chi connectivity index (χ2n) is 8.56. The number of rotatable bonds is 6. The van der Waals surface area contributed by atoms with Crippen molar-refractivity contribution < 1.29 is 14.4 Å². The summed E-state index contributed by atoms with van der Waals surface area (Å²) >= 11 is 0. The molecule has 2 N–H and O–H groups in total. The first-order valence-electron chi connectivity index (χ1n) is 11.0. The van der Waals surface area contributed by atoms with Crippen molar-refractivity contribution in [3.05, 3.63) is 60.3 Å². The number of hydrogen-bond donors (Lipinski definition) is 2. The van der Waals surface area contributed by atoms with Crippen molar-refractivity contribution >= 4 is 40.0 Å². The van der Waals surface area contributed by atoms with Crippen LogP contribution >= 0.6 is 0 Å². The number of likely N-dealkylation sites (N-methyl/N-ethyl adjacent to an activating group) is 1. The molecule has 33 heavy (non-hydrogen) atoms. The number of carbonyl (C=O) groups excluding carboxylic acids is 3. The standard InChI is InChI=1S/C25H29N5O3/c1-28(2)22(20-16-29(3)21-11-5-4-10-19(20)21)15-26-24(32)25(33)27-17-8-6-9-18(14-17)30-13-7-12-23(30)31/h4-6,8-11,14,16,22H,7,12-13,15H2,1-3H3,(H,26,32)(H,27,33)/t22-/m0/s1. The van der Waals surface area contributed by atoms with Crippen molar-refractivity contribution in [3.63, 3.8) is 0 Å². The highest BCUT2D eigenvalue weighted by Gasteiger charge is 2.24. The third-order valence-corrected chi connectivity index (χ3v) is 6.06. The number of para-hydroxylation sites is 1. The van der Waals surface area contributed by atoms with E-state index >= 15 is 0 Å². The molecule has 8 heteroatoms. The van der Waals surface area contributed by atoms with Crippen LogP contribution in [0.5, 0.6) is 0 Å². The molecule has 2 heterocycles. The minimum absolute atomic E-state index is 0.0689. The zero-order valence-electron chi connectivity index (χ0n) is 19.2. The lowest BCUT2D eigenvalue weighted by atomic mass is 10.0. The van der Waals surface area contributed by atoms with Crippen molar-refractivity contribution in [3.8, 4) is 0 Å². The Labute approximate surface area is 193 Å². The highest BCUT2D eigenvalue weighted by Crippen LogP contribution is 2.28. The molecule has 1 aliphatic rings. The van der Waals surface area contributed by atoms with E-state index in [1.807, 2.05) is 44.2 Å². The van der Waals surface area contributed by atoms with Crippen LogP contribution in [0.3, 0.4) is 0 Å². The SMILES string of the molecule is CN(C)[C@@H](CNC(=O)C(=O)Nc1cccc(N2CCCC2=O)c1)c1cn(C)c2ccccc12. The molecule has 0 bridgehead atoms. The molecule has 8 nitrogen and oxygen atoms in total. The molecule has 3 aromatic rings. The molecule has 3 amide bonds. The fourth-order valence-corrected chi connectivity index (χ4v) is 4.34. The van der Waals surface area contributed by atoms with Crippen LogP contribution in [0.25, 0.3) is 10.9 Å². The van der Waals surface area contributed by atoms with Gasteiger partial charge in [-0.2, -0.15) is 0 Å². The van der Waals surface area contributed by atoms with Gasteiger partial charge in [0.25, 0.3) is 0 Å². The maximum absolute atomic E-state index is 12.6. The van der Waals surface area contributed by atoms with Gasteiger partial charge in [0.1, 0.15) is 0 Å². The third-order valence-electron chi connectivity index (χ3n) is 6.06. The van der Waals surface area contributed by atoms with Gasteiger partial charge in [-0.1, -0.05) is 24.3 Å². The zero-order chi connectivity index (χ0) is 23.5. The molecule has 172 valence electrons. The van der Waals surface area contributed by atoms with E-state index in [2.05, 4.69) is 33.5 Å². The van der Waals surface area contributed by atoms with Crippen LogP contribution < -0.4 is 15.5 Å². The van der Waals surface area contributed by atoms with Gasteiger partial charge in [-0.3, -0.25) is 14.4 Å². The molecule has 0 radical (unpaired) electrons. The van der Waals surface area contributed by atoms with Gasteiger partial charge in [-0.05, 0) is 50.3 Å². The first-order valence-corrected chi connectivity index (χ1v) is 11.0. The van der Waals surface area contributed by atoms with E-state index in [9.17, 15) is 14.4 Å². The summed E-state index contributed by atoms with van der Waals surface area (Å²) in [5.41, 5.74) is 3.39. The molecular weight excluding hydrogens is 418 g/mol. The number of fused-ring (bicyclic) bond motifs is 1. The summed E-state index contributed by atoms with van der Waals surface area (Å²) in [6.45, 7) is 0.951. The first kappa shape index (κ1) is 22.5. The number of aryl methyl sites for hydroxylation is 1. The van der Waals surface area contributed by atoms with Gasteiger partial charge in [0.2, 0.25) is 5.91 Å². The van der Waals surface area contributed by atoms with Gasteiger partial charge in [-0.25, -0.2) is 0 Å². The largest absolute Gasteiger partial charge is 0.350 e. The number of anilines is 2. The summed E-state index contributed by atoms with van der Waals surface area (Å²) in [6, 6.07) is 15.0. The Kier molecular flexibility index (Phi) is 6.46. The fraction of sp³-hybridized carbons (Fsp3) is 0.320. The van der Waals surface area contributed by atoms with Crippen LogP contribution in [0, 0.1) is 0 Å². The summed E-state index contributed by atoms with van der Waals surface area (Å²) in [5.74, 6) is -1.38. The minimum atomic E-state index is -0.740. The molecule has 1 aromatic heterocycles. The third kappa shape index (κ3) is 4.75. The van der Waals surface area contributed by atoms with Crippen molar-refractivity contribution in [2.75, 3.05) is 37.4 Å². The van der Waals surface area contributed by atoms with E-state index in [0.29, 0.717) is 18.7 Å². The van der Waals surface area contributed by atoms with Gasteiger partial charge in [0.15, 0.2) is 0 Å². The van der Waals surface area contributed by atoms with E-state index in [4.69, 9.17) is 0 Å². The van der Waals surface area contributed by atoms with Crippen molar-refractivity contribution in [1.29, 1.82) is 0 Å². The predicted molar refractivity (Wildman–Crippen MR) is 129 cm³/mol. The van der Waals surface area contributed by atoms with Crippen molar-refractivity contribution in [2.45, 2.75) is 18.9 Å². The molecule has 1 fully saturated rings. The number of benzene rings is 2. The Bertz CT molecular complexity index is 1200. The first-order chi connectivity index (χ1) is 15.8. The minimum Gasteiger partial charge on any atom is -0.350 e. The molecule has 1 atom stereocenters. The maximum Gasteiger partial charge on any atom is 0.313 e. The zero-order valence-corrected chi connectivity index (χ0v) is 19.2. The molecular formula is C25H29N5O3. The number of hydrogen-bond acceptors (Lipinski definition) is 4. The molecule has 1 aliphatic heterocycles. The summed E-state index contributed by atoms with van der Waals surface area (Å²) in [4.78, 5) is 40.8. The number of amides is 3. The molecule has 0 unspecified atom stereocenters. The van der Waals surface area contributed by atoms with Crippen LogP contribution in [0.4, 0.5) is 11.4 Å². The highest BCUT2D eigenvalue weighted by atomic mass is 16.2. The van der Waals surface area contributed by atoms with E-state index in [0.717, 1.165) is 28.6 Å². The van der Waals surface area contributed by atoms with Gasteiger partial charge in [-0.15, -0.1) is 0 Å². The molecule has 0 aliphatic carbocycles. The van der Waals surface area contributed by atoms with E-state index in [1.54, 1.807) is 23.1 Å². The lowest BCUT2D eigenvalue weighted by molar-refractivity contribution is -0.136. The van der Waals surface area contributed by atoms with Crippen LogP contribution in [-0.2, 0) is 21.4 Å². The summed E-state index contributed by atoms with van der Waals surface area (Å²) in [6.07, 6.45) is 3.41. The van der Waals surface area contributed by atoms with E-state index < -0.39 is 11.8 Å². The molecule has 2 aromatic carbocycles. The van der Waals surface area contributed by atoms with E-state index in [1.165, 1.54) is 0 Å². The second kappa shape index (κ2) is 9.46. The van der Waals surface area contributed by atoms with Gasteiger partial charge in [0, 0.05) is 55.0 Å². The quantitative estimate of drug-likeness (QED) is 0.569. The molecule has 1 saturated heterocycles. The monoisotopic (exact) mass is 447 g/mol. The topological polar surface area (TPSA) is 86.7 Å². The van der Waals surface area contributed by atoms with Crippen LogP contribution in [0.1, 0.15) is 24.4 Å². The Morgan fingerprint density at radius 2 is 1.88 bits per heavy atom. The average molecular weight is 448 g/mol.